The summed E-state index contributed by atoms with van der Waals surface area (Å²) in [5, 5.41) is 11.6. The van der Waals surface area contributed by atoms with Crippen molar-refractivity contribution in [3.05, 3.63) is 29.8 Å². The Morgan fingerprint density at radius 2 is 2.22 bits per heavy atom. The van der Waals surface area contributed by atoms with Gasteiger partial charge in [0.15, 0.2) is 6.61 Å². The largest absolute Gasteiger partial charge is 0.482 e. The van der Waals surface area contributed by atoms with Gasteiger partial charge in [0, 0.05) is 13.2 Å². The Balaban J connectivity index is 2.45. The Labute approximate surface area is 106 Å². The molecule has 1 rings (SSSR count). The van der Waals surface area contributed by atoms with E-state index in [4.69, 9.17) is 14.7 Å². The first kappa shape index (κ1) is 14.0. The number of para-hydroxylation sites is 1. The summed E-state index contributed by atoms with van der Waals surface area (Å²) in [6.07, 6.45) is 0. The number of nitrogens with one attached hydrogen (secondary N) is 1. The van der Waals surface area contributed by atoms with Crippen LogP contribution < -0.4 is 10.1 Å². The monoisotopic (exact) mass is 248 g/mol. The van der Waals surface area contributed by atoms with E-state index < -0.39 is 0 Å². The summed E-state index contributed by atoms with van der Waals surface area (Å²) < 4.78 is 10.2. The highest BCUT2D eigenvalue weighted by Crippen LogP contribution is 2.16. The Hall–Kier alpha value is -2.06. The summed E-state index contributed by atoms with van der Waals surface area (Å²) in [6.45, 7) is 2.16. The summed E-state index contributed by atoms with van der Waals surface area (Å²) in [7, 11) is 1.57. The summed E-state index contributed by atoms with van der Waals surface area (Å²) in [6, 6.07) is 8.72. The molecule has 1 amide bonds. The lowest BCUT2D eigenvalue weighted by Gasteiger charge is -2.13. The van der Waals surface area contributed by atoms with Gasteiger partial charge in [-0.3, -0.25) is 4.79 Å². The Kier molecular flexibility index (Phi) is 5.68. The molecule has 1 unspecified atom stereocenters. The lowest BCUT2D eigenvalue weighted by molar-refractivity contribution is -0.124. The Morgan fingerprint density at radius 1 is 1.50 bits per heavy atom. The number of benzene rings is 1. The van der Waals surface area contributed by atoms with Crippen LogP contribution in [0.15, 0.2) is 24.3 Å². The van der Waals surface area contributed by atoms with Gasteiger partial charge in [-0.15, -0.1) is 0 Å². The van der Waals surface area contributed by atoms with E-state index >= 15 is 0 Å². The normalized spacial score (nSPS) is 11.4. The van der Waals surface area contributed by atoms with Gasteiger partial charge >= 0.3 is 0 Å². The van der Waals surface area contributed by atoms with Gasteiger partial charge in [0.25, 0.3) is 5.91 Å². The first-order chi connectivity index (χ1) is 8.67. The fraction of sp³-hybridized carbons (Fsp3) is 0.385. The number of nitriles is 1. The fourth-order valence-corrected chi connectivity index (χ4v) is 1.44. The molecular weight excluding hydrogens is 232 g/mol. The predicted molar refractivity (Wildman–Crippen MR) is 66.1 cm³/mol. The molecule has 18 heavy (non-hydrogen) atoms. The minimum atomic E-state index is -0.243. The molecule has 0 bridgehead atoms. The number of carbonyl (C=O) groups is 1. The van der Waals surface area contributed by atoms with Gasteiger partial charge in [-0.25, -0.2) is 0 Å². The topological polar surface area (TPSA) is 71.3 Å². The molecule has 0 saturated carbocycles. The van der Waals surface area contributed by atoms with Crippen molar-refractivity contribution in [1.82, 2.24) is 5.32 Å². The maximum absolute atomic E-state index is 11.5. The fourth-order valence-electron chi connectivity index (χ4n) is 1.44. The third-order valence-corrected chi connectivity index (χ3v) is 2.19. The van der Waals surface area contributed by atoms with E-state index in [1.165, 1.54) is 0 Å². The standard InChI is InChI=1S/C13H16N2O3/c1-10(8-17-2)15-13(16)9-18-12-6-4-3-5-11(12)7-14/h3-6,10H,8-9H2,1-2H3,(H,15,16). The van der Waals surface area contributed by atoms with Crippen LogP contribution in [-0.2, 0) is 9.53 Å². The van der Waals surface area contributed by atoms with Crippen LogP contribution in [0.4, 0.5) is 0 Å². The molecule has 0 aliphatic heterocycles. The van der Waals surface area contributed by atoms with Crippen molar-refractivity contribution in [2.45, 2.75) is 13.0 Å². The molecule has 1 atom stereocenters. The minimum Gasteiger partial charge on any atom is -0.482 e. The van der Waals surface area contributed by atoms with Gasteiger partial charge in [0.05, 0.1) is 12.2 Å². The number of hydrogen-bond donors (Lipinski definition) is 1. The van der Waals surface area contributed by atoms with Crippen LogP contribution in [0.25, 0.3) is 0 Å². The maximum Gasteiger partial charge on any atom is 0.258 e. The molecule has 0 spiro atoms. The second kappa shape index (κ2) is 7.30. The zero-order valence-corrected chi connectivity index (χ0v) is 10.5. The van der Waals surface area contributed by atoms with Crippen molar-refractivity contribution in [3.8, 4) is 11.8 Å². The van der Waals surface area contributed by atoms with E-state index in [2.05, 4.69) is 5.32 Å². The molecule has 5 heteroatoms. The van der Waals surface area contributed by atoms with Crippen molar-refractivity contribution in [2.75, 3.05) is 20.3 Å². The van der Waals surface area contributed by atoms with Crippen LogP contribution in [-0.4, -0.2) is 32.3 Å². The molecule has 0 aliphatic rings. The highest BCUT2D eigenvalue weighted by Gasteiger charge is 2.09. The van der Waals surface area contributed by atoms with E-state index in [-0.39, 0.29) is 18.6 Å². The maximum atomic E-state index is 11.5. The van der Waals surface area contributed by atoms with E-state index in [0.29, 0.717) is 17.9 Å². The second-order valence-corrected chi connectivity index (χ2v) is 3.82. The van der Waals surface area contributed by atoms with Crippen LogP contribution in [0, 0.1) is 11.3 Å². The quantitative estimate of drug-likeness (QED) is 0.818. The van der Waals surface area contributed by atoms with Crippen molar-refractivity contribution in [3.63, 3.8) is 0 Å². The number of hydrogen-bond acceptors (Lipinski definition) is 4. The molecule has 0 radical (unpaired) electrons. The lowest BCUT2D eigenvalue weighted by atomic mass is 10.2. The van der Waals surface area contributed by atoms with Gasteiger partial charge in [-0.2, -0.15) is 5.26 Å². The molecule has 0 aliphatic carbocycles. The highest BCUT2D eigenvalue weighted by atomic mass is 16.5. The molecule has 5 nitrogen and oxygen atoms in total. The molecule has 1 aromatic carbocycles. The number of ether oxygens (including phenoxy) is 2. The summed E-state index contributed by atoms with van der Waals surface area (Å²) in [5.41, 5.74) is 0.412. The average molecular weight is 248 g/mol. The molecule has 1 aromatic rings. The van der Waals surface area contributed by atoms with Crippen LogP contribution in [0.2, 0.25) is 0 Å². The van der Waals surface area contributed by atoms with Crippen LogP contribution in [0.1, 0.15) is 12.5 Å². The van der Waals surface area contributed by atoms with Gasteiger partial charge in [0.2, 0.25) is 0 Å². The Bertz CT molecular complexity index is 440. The smallest absolute Gasteiger partial charge is 0.258 e. The molecule has 0 saturated heterocycles. The van der Waals surface area contributed by atoms with Gasteiger partial charge in [-0.1, -0.05) is 12.1 Å². The number of amides is 1. The number of nitrogens with zero attached hydrogens (tertiary/aromatic N) is 1. The van der Waals surface area contributed by atoms with Gasteiger partial charge < -0.3 is 14.8 Å². The molecule has 0 heterocycles. The van der Waals surface area contributed by atoms with Crippen LogP contribution in [0.5, 0.6) is 5.75 Å². The predicted octanol–water partition coefficient (Wildman–Crippen LogP) is 1.09. The van der Waals surface area contributed by atoms with E-state index in [1.807, 2.05) is 13.0 Å². The zero-order chi connectivity index (χ0) is 13.4. The second-order valence-electron chi connectivity index (χ2n) is 3.82. The first-order valence-corrected chi connectivity index (χ1v) is 5.57. The van der Waals surface area contributed by atoms with E-state index in [9.17, 15) is 4.79 Å². The lowest BCUT2D eigenvalue weighted by Crippen LogP contribution is -2.38. The minimum absolute atomic E-state index is 0.0719. The molecular formula is C13H16N2O3. The van der Waals surface area contributed by atoms with Crippen LogP contribution in [0.3, 0.4) is 0 Å². The van der Waals surface area contributed by atoms with E-state index in [0.717, 1.165) is 0 Å². The van der Waals surface area contributed by atoms with Gasteiger partial charge in [0.1, 0.15) is 11.8 Å². The summed E-state index contributed by atoms with van der Waals surface area (Å²) in [4.78, 5) is 11.5. The number of carbonyl (C=O) groups excluding carboxylic acids is 1. The number of methoxy groups -OCH3 is 1. The van der Waals surface area contributed by atoms with Gasteiger partial charge in [-0.05, 0) is 19.1 Å². The van der Waals surface area contributed by atoms with Crippen molar-refractivity contribution in [2.24, 2.45) is 0 Å². The highest BCUT2D eigenvalue weighted by molar-refractivity contribution is 5.77. The molecule has 0 aromatic heterocycles. The van der Waals surface area contributed by atoms with Crippen molar-refractivity contribution >= 4 is 5.91 Å². The molecule has 96 valence electrons. The first-order valence-electron chi connectivity index (χ1n) is 5.57. The zero-order valence-electron chi connectivity index (χ0n) is 10.5. The Morgan fingerprint density at radius 3 is 2.89 bits per heavy atom. The SMILES string of the molecule is COCC(C)NC(=O)COc1ccccc1C#N. The summed E-state index contributed by atoms with van der Waals surface area (Å²) >= 11 is 0. The molecule has 1 N–H and O–H groups in total. The third-order valence-electron chi connectivity index (χ3n) is 2.19. The molecule has 0 fully saturated rings. The average Bonchev–Trinajstić information content (AvgIpc) is 2.37. The van der Waals surface area contributed by atoms with Crippen molar-refractivity contribution < 1.29 is 14.3 Å². The number of rotatable bonds is 6. The van der Waals surface area contributed by atoms with Crippen LogP contribution >= 0.6 is 0 Å². The summed E-state index contributed by atoms with van der Waals surface area (Å²) in [5.74, 6) is 0.168. The van der Waals surface area contributed by atoms with Crippen molar-refractivity contribution in [1.29, 1.82) is 5.26 Å². The third kappa shape index (κ3) is 4.44. The van der Waals surface area contributed by atoms with E-state index in [1.54, 1.807) is 31.4 Å².